The molecule has 0 radical (unpaired) electrons. The number of aldehydes is 1. The van der Waals surface area contributed by atoms with Crippen LogP contribution in [0.3, 0.4) is 0 Å². The topological polar surface area (TPSA) is 74.3 Å². The lowest BCUT2D eigenvalue weighted by atomic mass is 10.2. The number of amides is 1. The number of hydrogen-bond acceptors (Lipinski definition) is 2. The number of hydrogen-bond donors (Lipinski definition) is 1. The fraction of sp³-hybridized carbons (Fsp3) is 0.267. The zero-order chi connectivity index (χ0) is 16.7. The van der Waals surface area contributed by atoms with Crippen molar-refractivity contribution in [3.05, 3.63) is 64.9 Å². The van der Waals surface area contributed by atoms with Gasteiger partial charge in [-0.2, -0.15) is 0 Å². The van der Waals surface area contributed by atoms with Gasteiger partial charge < -0.3 is 15.8 Å². The van der Waals surface area contributed by atoms with Crippen LogP contribution in [0.15, 0.2) is 52.6 Å². The molecule has 0 fully saturated rings. The van der Waals surface area contributed by atoms with Gasteiger partial charge in [-0.1, -0.05) is 6.04 Å². The summed E-state index contributed by atoms with van der Waals surface area (Å²) in [6.45, 7) is 28.0. The highest BCUT2D eigenvalue weighted by Gasteiger charge is 1.99. The van der Waals surface area contributed by atoms with Crippen LogP contribution in [0.4, 0.5) is 0 Å². The number of nitrogens with two attached hydrogens (primary N) is 1. The van der Waals surface area contributed by atoms with E-state index in [-0.39, 0.29) is 6.42 Å². The first-order valence-electron chi connectivity index (χ1n) is 5.40. The first-order valence-corrected chi connectivity index (χ1v) is 5.40. The molecule has 0 unspecified atom stereocenters. The van der Waals surface area contributed by atoms with Crippen molar-refractivity contribution in [2.45, 2.75) is 18.9 Å². The molecule has 0 aromatic rings. The molecule has 1 amide bonds. The van der Waals surface area contributed by atoms with Gasteiger partial charge in [0.1, 0.15) is 6.29 Å². The van der Waals surface area contributed by atoms with Crippen LogP contribution in [0.2, 0.25) is 0 Å². The smallest absolute Gasteiger partial charge is 0.216 e. The molecule has 4 heteroatoms. The summed E-state index contributed by atoms with van der Waals surface area (Å²) in [7, 11) is 0. The summed E-state index contributed by atoms with van der Waals surface area (Å²) in [5, 5.41) is 3.87. The second-order valence-corrected chi connectivity index (χ2v) is 2.13. The van der Waals surface area contributed by atoms with Gasteiger partial charge in [0.25, 0.3) is 0 Å². The first-order chi connectivity index (χ1) is 9.20. The third kappa shape index (κ3) is 49.2. The van der Waals surface area contributed by atoms with Gasteiger partial charge in [-0.3, -0.25) is 4.79 Å². The summed E-state index contributed by atoms with van der Waals surface area (Å²) in [5.74, 6) is -0.505. The quantitative estimate of drug-likeness (QED) is 0.456. The fourth-order valence-electron chi connectivity index (χ4n) is 0.619. The SMILES string of the molecule is C=C.C=C.C=C.C=C.[CH2+]CC[N-][C@@H](C=O)CC(N)=O. The van der Waals surface area contributed by atoms with Crippen molar-refractivity contribution in [3.8, 4) is 0 Å². The van der Waals surface area contributed by atoms with Crippen LogP contribution in [0.5, 0.6) is 0 Å². The second kappa shape index (κ2) is 44.5. The highest BCUT2D eigenvalue weighted by atomic mass is 16.1. The van der Waals surface area contributed by atoms with Gasteiger partial charge >= 0.3 is 0 Å². The molecule has 0 rings (SSSR count). The van der Waals surface area contributed by atoms with Gasteiger partial charge in [-0.25, -0.2) is 0 Å². The van der Waals surface area contributed by atoms with E-state index in [0.29, 0.717) is 19.3 Å². The molecule has 0 saturated carbocycles. The lowest BCUT2D eigenvalue weighted by Crippen LogP contribution is -2.21. The van der Waals surface area contributed by atoms with E-state index in [9.17, 15) is 9.59 Å². The third-order valence-corrected chi connectivity index (χ3v) is 1.09. The van der Waals surface area contributed by atoms with E-state index in [2.05, 4.69) is 64.9 Å². The molecule has 1 atom stereocenters. The fourth-order valence-corrected chi connectivity index (χ4v) is 0.619. The lowest BCUT2D eigenvalue weighted by molar-refractivity contribution is -0.120. The molecule has 0 aliphatic carbocycles. The number of carbonyl (C=O) groups is 2. The summed E-state index contributed by atoms with van der Waals surface area (Å²) >= 11 is 0. The number of nitrogens with zero attached hydrogens (tertiary/aromatic N) is 1. The predicted molar refractivity (Wildman–Crippen MR) is 86.9 cm³/mol. The molecule has 0 bridgehead atoms. The van der Waals surface area contributed by atoms with Gasteiger partial charge in [-0.15, -0.1) is 59.2 Å². The maximum Gasteiger partial charge on any atom is 0.216 e. The van der Waals surface area contributed by atoms with E-state index >= 15 is 0 Å². The van der Waals surface area contributed by atoms with Gasteiger partial charge in [0.2, 0.25) is 5.91 Å². The van der Waals surface area contributed by atoms with E-state index in [1.165, 1.54) is 0 Å². The van der Waals surface area contributed by atoms with Crippen molar-refractivity contribution < 1.29 is 9.59 Å². The average Bonchev–Trinajstić information content (AvgIpc) is 2.51. The average molecular weight is 268 g/mol. The number of carbonyl (C=O) groups excluding carboxylic acids is 2. The first kappa shape index (κ1) is 30.2. The molecule has 0 aromatic heterocycles. The van der Waals surface area contributed by atoms with Gasteiger partial charge in [0.05, 0.1) is 13.3 Å². The molecule has 0 saturated heterocycles. The third-order valence-electron chi connectivity index (χ3n) is 1.09. The Kier molecular flexibility index (Phi) is 70.7. The molecule has 19 heavy (non-hydrogen) atoms. The summed E-state index contributed by atoms with van der Waals surface area (Å²) in [5.41, 5.74) is 4.87. The molecular formula is C15H28N2O2. The Morgan fingerprint density at radius 2 is 1.47 bits per heavy atom. The Bertz CT molecular complexity index is 177. The highest BCUT2D eigenvalue weighted by molar-refractivity contribution is 5.79. The van der Waals surface area contributed by atoms with Crippen LogP contribution in [-0.4, -0.2) is 24.8 Å². The van der Waals surface area contributed by atoms with Gasteiger partial charge in [0.15, 0.2) is 0 Å². The van der Waals surface area contributed by atoms with Crippen molar-refractivity contribution in [1.82, 2.24) is 0 Å². The molecule has 0 aromatic carbocycles. The molecule has 0 spiro atoms. The molecule has 110 valence electrons. The van der Waals surface area contributed by atoms with Crippen LogP contribution in [0.25, 0.3) is 5.32 Å². The molecule has 2 N–H and O–H groups in total. The summed E-state index contributed by atoms with van der Waals surface area (Å²) < 4.78 is 0. The van der Waals surface area contributed by atoms with Crippen LogP contribution in [0, 0.1) is 6.92 Å². The zero-order valence-corrected chi connectivity index (χ0v) is 12.0. The van der Waals surface area contributed by atoms with Crippen molar-refractivity contribution in [2.24, 2.45) is 5.73 Å². The monoisotopic (exact) mass is 268 g/mol. The molecular weight excluding hydrogens is 240 g/mol. The molecule has 0 aliphatic heterocycles. The summed E-state index contributed by atoms with van der Waals surface area (Å²) in [4.78, 5) is 20.5. The van der Waals surface area contributed by atoms with Crippen LogP contribution in [-0.2, 0) is 9.59 Å². The Morgan fingerprint density at radius 3 is 1.68 bits per heavy atom. The van der Waals surface area contributed by atoms with Crippen molar-refractivity contribution in [1.29, 1.82) is 0 Å². The Balaban J connectivity index is -0.0000000693. The number of primary amides is 1. The zero-order valence-electron chi connectivity index (χ0n) is 12.0. The number of rotatable bonds is 6. The Hall–Kier alpha value is -2.07. The maximum atomic E-state index is 10.3. The van der Waals surface area contributed by atoms with Gasteiger partial charge in [0, 0.05) is 6.42 Å². The van der Waals surface area contributed by atoms with E-state index < -0.39 is 11.9 Å². The minimum atomic E-state index is -0.575. The Labute approximate surface area is 118 Å². The summed E-state index contributed by atoms with van der Waals surface area (Å²) in [6, 6.07) is -0.575. The van der Waals surface area contributed by atoms with Crippen molar-refractivity contribution >= 4 is 12.2 Å². The van der Waals surface area contributed by atoms with Crippen molar-refractivity contribution in [2.75, 3.05) is 6.54 Å². The standard InChI is InChI=1S/C7H12N2O2.4C2H4/c1-2-3-9-6(5-10)4-7(8)11;4*1-2/h5-6H,1-4H2,(H2,8,11);4*1-2H2/t6-;;;;/m1..../s1. The van der Waals surface area contributed by atoms with E-state index in [1.807, 2.05) is 0 Å². The minimum absolute atomic E-state index is 0.00347. The lowest BCUT2D eigenvalue weighted by Gasteiger charge is -2.22. The molecule has 4 nitrogen and oxygen atoms in total. The van der Waals surface area contributed by atoms with Crippen molar-refractivity contribution in [3.63, 3.8) is 0 Å². The molecule has 0 heterocycles. The summed E-state index contributed by atoms with van der Waals surface area (Å²) in [6.07, 6.45) is 1.26. The van der Waals surface area contributed by atoms with E-state index in [0.717, 1.165) is 0 Å². The van der Waals surface area contributed by atoms with Crippen LogP contribution < -0.4 is 5.73 Å². The molecule has 0 aliphatic rings. The van der Waals surface area contributed by atoms with Crippen LogP contribution >= 0.6 is 0 Å². The van der Waals surface area contributed by atoms with Gasteiger partial charge in [-0.05, 0) is 0 Å². The minimum Gasteiger partial charge on any atom is -0.650 e. The Morgan fingerprint density at radius 1 is 1.11 bits per heavy atom. The highest BCUT2D eigenvalue weighted by Crippen LogP contribution is 2.02. The van der Waals surface area contributed by atoms with Crippen LogP contribution in [0.1, 0.15) is 12.8 Å². The van der Waals surface area contributed by atoms with E-state index in [4.69, 9.17) is 5.73 Å². The van der Waals surface area contributed by atoms with E-state index in [1.54, 1.807) is 0 Å². The normalized spacial score (nSPS) is 8.00. The predicted octanol–water partition coefficient (Wildman–Crippen LogP) is 3.24. The second-order valence-electron chi connectivity index (χ2n) is 2.13. The largest absolute Gasteiger partial charge is 0.650 e. The maximum absolute atomic E-state index is 10.3.